The van der Waals surface area contributed by atoms with Gasteiger partial charge in [-0.3, -0.25) is 0 Å². The van der Waals surface area contributed by atoms with Crippen molar-refractivity contribution in [2.24, 2.45) is 5.92 Å². The maximum Gasteiger partial charge on any atom is 0.0597 e. The van der Waals surface area contributed by atoms with Gasteiger partial charge >= 0.3 is 0 Å². The van der Waals surface area contributed by atoms with Gasteiger partial charge in [0.2, 0.25) is 0 Å². The minimum Gasteiger partial charge on any atom is -0.396 e. The van der Waals surface area contributed by atoms with Crippen LogP contribution in [0.4, 0.5) is 0 Å². The van der Waals surface area contributed by atoms with E-state index in [-0.39, 0.29) is 0 Å². The highest BCUT2D eigenvalue weighted by molar-refractivity contribution is 4.65. The zero-order chi connectivity index (χ0) is 12.9. The number of ether oxygens (including phenoxy) is 1. The Morgan fingerprint density at radius 1 is 1.18 bits per heavy atom. The van der Waals surface area contributed by atoms with Crippen LogP contribution in [-0.2, 0) is 4.74 Å². The molecule has 0 aromatic heterocycles. The molecule has 0 aliphatic carbocycles. The van der Waals surface area contributed by atoms with Crippen molar-refractivity contribution in [2.45, 2.75) is 78.2 Å². The molecule has 0 saturated carbocycles. The van der Waals surface area contributed by atoms with Crippen molar-refractivity contribution < 1.29 is 9.84 Å². The average molecular weight is 244 g/mol. The molecule has 1 aliphatic rings. The summed E-state index contributed by atoms with van der Waals surface area (Å²) in [6, 6.07) is 0. The quantitative estimate of drug-likeness (QED) is 0.650. The summed E-state index contributed by atoms with van der Waals surface area (Å²) < 4.78 is 5.34. The summed E-state index contributed by atoms with van der Waals surface area (Å²) in [4.78, 5) is 0. The normalized spacial score (nSPS) is 20.1. The minimum atomic E-state index is 0.330. The van der Waals surface area contributed by atoms with Crippen molar-refractivity contribution in [3.05, 3.63) is 0 Å². The molecule has 0 bridgehead atoms. The summed E-state index contributed by atoms with van der Waals surface area (Å²) in [7, 11) is 0. The summed E-state index contributed by atoms with van der Waals surface area (Å²) in [5.41, 5.74) is 0. The zero-order valence-corrected chi connectivity index (χ0v) is 12.1. The molecule has 1 saturated heterocycles. The third-order valence-corrected chi connectivity index (χ3v) is 3.43. The predicted molar refractivity (Wildman–Crippen MR) is 74.3 cm³/mol. The van der Waals surface area contributed by atoms with Crippen LogP contribution in [0.5, 0.6) is 0 Å². The third kappa shape index (κ3) is 10.8. The van der Waals surface area contributed by atoms with Crippen LogP contribution < -0.4 is 0 Å². The van der Waals surface area contributed by atoms with Gasteiger partial charge in [0.05, 0.1) is 6.10 Å². The molecule has 104 valence electrons. The van der Waals surface area contributed by atoms with Gasteiger partial charge < -0.3 is 9.84 Å². The van der Waals surface area contributed by atoms with Crippen LogP contribution >= 0.6 is 0 Å². The number of unbranched alkanes of at least 4 members (excludes halogenated alkanes) is 4. The monoisotopic (exact) mass is 244 g/mol. The lowest BCUT2D eigenvalue weighted by atomic mass is 10.0. The molecule has 1 heterocycles. The Balaban J connectivity index is 0.000000366. The Hall–Kier alpha value is -0.0800. The minimum absolute atomic E-state index is 0.330. The Bertz CT molecular complexity index is 140. The maximum atomic E-state index is 8.33. The lowest BCUT2D eigenvalue weighted by Gasteiger charge is -2.26. The molecule has 0 aromatic carbocycles. The summed E-state index contributed by atoms with van der Waals surface area (Å²) in [6.45, 7) is 7.70. The molecule has 2 atom stereocenters. The highest BCUT2D eigenvalue weighted by atomic mass is 16.5. The molecule has 2 heteroatoms. The molecule has 1 aliphatic heterocycles. The SMILES string of the molecule is CCC(C)CO.CCCCCCCC1CCO1. The molecule has 17 heavy (non-hydrogen) atoms. The standard InChI is InChI=1S/C10H20O.C5H12O/c1-2-3-4-5-6-7-10-8-9-11-10;1-3-5(2)4-6/h10H,2-9H2,1H3;5-6H,3-4H2,1-2H3. The van der Waals surface area contributed by atoms with Crippen LogP contribution in [0.2, 0.25) is 0 Å². The van der Waals surface area contributed by atoms with Gasteiger partial charge in [0.1, 0.15) is 0 Å². The first kappa shape index (κ1) is 16.9. The molecular formula is C15H32O2. The van der Waals surface area contributed by atoms with Crippen LogP contribution in [0.1, 0.15) is 72.1 Å². The molecular weight excluding hydrogens is 212 g/mol. The lowest BCUT2D eigenvalue weighted by molar-refractivity contribution is -0.0555. The largest absolute Gasteiger partial charge is 0.396 e. The molecule has 0 aromatic rings. The van der Waals surface area contributed by atoms with Crippen molar-refractivity contribution >= 4 is 0 Å². The van der Waals surface area contributed by atoms with Gasteiger partial charge in [-0.15, -0.1) is 0 Å². The summed E-state index contributed by atoms with van der Waals surface area (Å²) >= 11 is 0. The van der Waals surface area contributed by atoms with E-state index in [0.717, 1.165) is 13.0 Å². The van der Waals surface area contributed by atoms with Crippen molar-refractivity contribution in [3.8, 4) is 0 Å². The van der Waals surface area contributed by atoms with E-state index < -0.39 is 0 Å². The number of aliphatic hydroxyl groups is 1. The van der Waals surface area contributed by atoms with Gasteiger partial charge in [0, 0.05) is 13.2 Å². The number of aliphatic hydroxyl groups excluding tert-OH is 1. The number of hydrogen-bond acceptors (Lipinski definition) is 2. The van der Waals surface area contributed by atoms with E-state index in [1.54, 1.807) is 0 Å². The van der Waals surface area contributed by atoms with E-state index in [1.807, 2.05) is 6.92 Å². The van der Waals surface area contributed by atoms with Crippen LogP contribution in [0, 0.1) is 5.92 Å². The predicted octanol–water partition coefficient (Wildman–Crippen LogP) is 4.16. The van der Waals surface area contributed by atoms with Gasteiger partial charge in [-0.05, 0) is 18.8 Å². The van der Waals surface area contributed by atoms with Crippen LogP contribution in [0.25, 0.3) is 0 Å². The molecule has 1 rings (SSSR count). The molecule has 1 N–H and O–H groups in total. The molecule has 2 unspecified atom stereocenters. The van der Waals surface area contributed by atoms with E-state index in [2.05, 4.69) is 13.8 Å². The second kappa shape index (κ2) is 12.4. The van der Waals surface area contributed by atoms with Gasteiger partial charge in [-0.25, -0.2) is 0 Å². The van der Waals surface area contributed by atoms with Crippen molar-refractivity contribution in [1.82, 2.24) is 0 Å². The van der Waals surface area contributed by atoms with Crippen molar-refractivity contribution in [3.63, 3.8) is 0 Å². The Labute approximate surface area is 108 Å². The highest BCUT2D eigenvalue weighted by Crippen LogP contribution is 2.18. The number of rotatable bonds is 8. The lowest BCUT2D eigenvalue weighted by Crippen LogP contribution is -2.26. The van der Waals surface area contributed by atoms with Gasteiger partial charge in [0.15, 0.2) is 0 Å². The second-order valence-electron chi connectivity index (χ2n) is 5.18. The first-order valence-electron chi connectivity index (χ1n) is 7.47. The number of hydrogen-bond donors (Lipinski definition) is 1. The van der Waals surface area contributed by atoms with Gasteiger partial charge in [0.25, 0.3) is 0 Å². The first-order valence-corrected chi connectivity index (χ1v) is 7.47. The average Bonchev–Trinajstić information content (AvgIpc) is 2.31. The first-order chi connectivity index (χ1) is 8.24. The van der Waals surface area contributed by atoms with Crippen molar-refractivity contribution in [2.75, 3.05) is 13.2 Å². The summed E-state index contributed by atoms with van der Waals surface area (Å²) in [6.07, 6.45) is 11.3. The van der Waals surface area contributed by atoms with Crippen LogP contribution in [0.3, 0.4) is 0 Å². The Kier molecular flexibility index (Phi) is 12.3. The van der Waals surface area contributed by atoms with E-state index >= 15 is 0 Å². The van der Waals surface area contributed by atoms with Crippen LogP contribution in [-0.4, -0.2) is 24.4 Å². The van der Waals surface area contributed by atoms with Gasteiger partial charge in [-0.1, -0.05) is 59.3 Å². The molecule has 0 spiro atoms. The van der Waals surface area contributed by atoms with E-state index in [0.29, 0.717) is 18.6 Å². The Morgan fingerprint density at radius 3 is 2.18 bits per heavy atom. The molecule has 1 fully saturated rings. The smallest absolute Gasteiger partial charge is 0.0597 e. The molecule has 0 amide bonds. The van der Waals surface area contributed by atoms with Crippen molar-refractivity contribution in [1.29, 1.82) is 0 Å². The fourth-order valence-corrected chi connectivity index (χ4v) is 1.62. The Morgan fingerprint density at radius 2 is 1.82 bits per heavy atom. The van der Waals surface area contributed by atoms with E-state index in [1.165, 1.54) is 44.9 Å². The summed E-state index contributed by atoms with van der Waals surface area (Å²) in [5, 5.41) is 8.33. The maximum absolute atomic E-state index is 8.33. The molecule has 0 radical (unpaired) electrons. The third-order valence-electron chi connectivity index (χ3n) is 3.43. The highest BCUT2D eigenvalue weighted by Gasteiger charge is 2.16. The zero-order valence-electron chi connectivity index (χ0n) is 12.1. The second-order valence-corrected chi connectivity index (χ2v) is 5.18. The fraction of sp³-hybridized carbons (Fsp3) is 1.00. The fourth-order valence-electron chi connectivity index (χ4n) is 1.62. The van der Waals surface area contributed by atoms with E-state index in [9.17, 15) is 0 Å². The van der Waals surface area contributed by atoms with Gasteiger partial charge in [-0.2, -0.15) is 0 Å². The summed E-state index contributed by atoms with van der Waals surface area (Å²) in [5.74, 6) is 0.491. The topological polar surface area (TPSA) is 29.5 Å². The van der Waals surface area contributed by atoms with E-state index in [4.69, 9.17) is 9.84 Å². The molecule has 2 nitrogen and oxygen atoms in total. The van der Waals surface area contributed by atoms with Crippen LogP contribution in [0.15, 0.2) is 0 Å².